The molecular formula is C21H25FN2O4S. The lowest BCUT2D eigenvalue weighted by atomic mass is 10.0. The van der Waals surface area contributed by atoms with Gasteiger partial charge in [0.2, 0.25) is 10.0 Å². The first-order valence-electron chi connectivity index (χ1n) is 9.60. The minimum atomic E-state index is -3.60. The molecule has 0 saturated carbocycles. The van der Waals surface area contributed by atoms with Gasteiger partial charge in [-0.2, -0.15) is 4.31 Å². The standard InChI is InChI=1S/C21H25FN2O4S/c1-15-6-5-7-16(2)24(15)29(26,27)18-12-10-17(11-13-18)23-21(25)14-28-20-9-4-3-8-19(20)22/h3-4,8-13,15-16H,5-7,14H2,1-2H3,(H,23,25)/t15-,16+. The molecule has 0 unspecified atom stereocenters. The first-order chi connectivity index (χ1) is 13.8. The zero-order valence-corrected chi connectivity index (χ0v) is 17.3. The van der Waals surface area contributed by atoms with E-state index in [1.54, 1.807) is 10.4 Å². The number of carbonyl (C=O) groups excluding carboxylic acids is 1. The summed E-state index contributed by atoms with van der Waals surface area (Å²) in [6, 6.07) is 11.8. The van der Waals surface area contributed by atoms with Gasteiger partial charge in [-0.15, -0.1) is 0 Å². The summed E-state index contributed by atoms with van der Waals surface area (Å²) in [5.74, 6) is -1.02. The summed E-state index contributed by atoms with van der Waals surface area (Å²) in [4.78, 5) is 12.2. The number of carbonyl (C=O) groups is 1. The number of benzene rings is 2. The molecule has 0 aromatic heterocycles. The van der Waals surface area contributed by atoms with Crippen molar-refractivity contribution in [2.45, 2.75) is 50.1 Å². The highest BCUT2D eigenvalue weighted by Gasteiger charge is 2.35. The van der Waals surface area contributed by atoms with Gasteiger partial charge in [-0.25, -0.2) is 12.8 Å². The fraction of sp³-hybridized carbons (Fsp3) is 0.381. The van der Waals surface area contributed by atoms with Crippen LogP contribution in [-0.2, 0) is 14.8 Å². The Bertz CT molecular complexity index is 953. The van der Waals surface area contributed by atoms with E-state index in [1.165, 1.54) is 42.5 Å². The Morgan fingerprint density at radius 2 is 1.72 bits per heavy atom. The third-order valence-electron chi connectivity index (χ3n) is 5.02. The van der Waals surface area contributed by atoms with E-state index in [1.807, 2.05) is 13.8 Å². The van der Waals surface area contributed by atoms with E-state index in [0.29, 0.717) is 5.69 Å². The van der Waals surface area contributed by atoms with Gasteiger partial charge < -0.3 is 10.1 Å². The van der Waals surface area contributed by atoms with Gasteiger partial charge in [0.05, 0.1) is 4.90 Å². The van der Waals surface area contributed by atoms with Gasteiger partial charge in [0, 0.05) is 17.8 Å². The maximum absolute atomic E-state index is 13.5. The molecule has 1 aliphatic heterocycles. The molecule has 0 aliphatic carbocycles. The molecule has 8 heteroatoms. The Hall–Kier alpha value is -2.45. The molecule has 2 atom stereocenters. The number of halogens is 1. The average molecular weight is 421 g/mol. The fourth-order valence-electron chi connectivity index (χ4n) is 3.61. The third-order valence-corrected chi connectivity index (χ3v) is 7.16. The van der Waals surface area contributed by atoms with Crippen LogP contribution in [0, 0.1) is 5.82 Å². The maximum Gasteiger partial charge on any atom is 0.262 e. The quantitative estimate of drug-likeness (QED) is 0.771. The number of amides is 1. The van der Waals surface area contributed by atoms with Crippen molar-refractivity contribution < 1.29 is 22.3 Å². The predicted molar refractivity (Wildman–Crippen MR) is 109 cm³/mol. The molecule has 156 valence electrons. The van der Waals surface area contributed by atoms with Crippen LogP contribution in [0.1, 0.15) is 33.1 Å². The SMILES string of the molecule is C[C@@H]1CCC[C@H](C)N1S(=O)(=O)c1ccc(NC(=O)COc2ccccc2F)cc1. The monoisotopic (exact) mass is 420 g/mol. The van der Waals surface area contributed by atoms with Crippen molar-refractivity contribution in [3.05, 3.63) is 54.3 Å². The van der Waals surface area contributed by atoms with Gasteiger partial charge in [0.25, 0.3) is 5.91 Å². The molecule has 1 aliphatic rings. The normalized spacial score (nSPS) is 20.2. The second-order valence-electron chi connectivity index (χ2n) is 7.26. The van der Waals surface area contributed by atoms with Crippen LogP contribution in [0.4, 0.5) is 10.1 Å². The molecule has 29 heavy (non-hydrogen) atoms. The Morgan fingerprint density at radius 3 is 2.34 bits per heavy atom. The van der Waals surface area contributed by atoms with Crippen LogP contribution in [0.15, 0.2) is 53.4 Å². The highest BCUT2D eigenvalue weighted by Crippen LogP contribution is 2.30. The topological polar surface area (TPSA) is 75.7 Å². The van der Waals surface area contributed by atoms with Crippen molar-refractivity contribution in [1.29, 1.82) is 0 Å². The van der Waals surface area contributed by atoms with Crippen LogP contribution < -0.4 is 10.1 Å². The van der Waals surface area contributed by atoms with Crippen molar-refractivity contribution in [2.24, 2.45) is 0 Å². The van der Waals surface area contributed by atoms with Gasteiger partial charge in [0.1, 0.15) is 0 Å². The molecule has 1 heterocycles. The highest BCUT2D eigenvalue weighted by atomic mass is 32.2. The van der Waals surface area contributed by atoms with Crippen LogP contribution >= 0.6 is 0 Å². The minimum Gasteiger partial charge on any atom is -0.481 e. The number of ether oxygens (including phenoxy) is 1. The summed E-state index contributed by atoms with van der Waals surface area (Å²) in [6.07, 6.45) is 2.72. The van der Waals surface area contributed by atoms with E-state index in [2.05, 4.69) is 5.32 Å². The molecule has 1 fully saturated rings. The molecule has 0 radical (unpaired) electrons. The van der Waals surface area contributed by atoms with E-state index < -0.39 is 21.7 Å². The Labute approximate surface area is 170 Å². The van der Waals surface area contributed by atoms with Crippen molar-refractivity contribution >= 4 is 21.6 Å². The Balaban J connectivity index is 1.63. The highest BCUT2D eigenvalue weighted by molar-refractivity contribution is 7.89. The van der Waals surface area contributed by atoms with Gasteiger partial charge in [0.15, 0.2) is 18.2 Å². The van der Waals surface area contributed by atoms with Crippen molar-refractivity contribution in [1.82, 2.24) is 4.31 Å². The van der Waals surface area contributed by atoms with Crippen LogP contribution in [0.3, 0.4) is 0 Å². The number of para-hydroxylation sites is 1. The smallest absolute Gasteiger partial charge is 0.262 e. The van der Waals surface area contributed by atoms with Gasteiger partial charge in [-0.3, -0.25) is 4.79 Å². The van der Waals surface area contributed by atoms with Crippen LogP contribution in [-0.4, -0.2) is 37.3 Å². The van der Waals surface area contributed by atoms with Crippen molar-refractivity contribution in [3.8, 4) is 5.75 Å². The molecular weight excluding hydrogens is 395 g/mol. The fourth-order valence-corrected chi connectivity index (χ4v) is 5.49. The predicted octanol–water partition coefficient (Wildman–Crippen LogP) is 3.79. The summed E-state index contributed by atoms with van der Waals surface area (Å²) in [5, 5.41) is 2.61. The van der Waals surface area contributed by atoms with E-state index in [9.17, 15) is 17.6 Å². The number of anilines is 1. The third kappa shape index (κ3) is 4.94. The number of hydrogen-bond acceptors (Lipinski definition) is 4. The lowest BCUT2D eigenvalue weighted by molar-refractivity contribution is -0.118. The number of piperidine rings is 1. The summed E-state index contributed by atoms with van der Waals surface area (Å²) < 4.78 is 46.3. The van der Waals surface area contributed by atoms with Crippen molar-refractivity contribution in [3.63, 3.8) is 0 Å². The molecule has 3 rings (SSSR count). The van der Waals surface area contributed by atoms with E-state index >= 15 is 0 Å². The number of rotatable bonds is 6. The summed E-state index contributed by atoms with van der Waals surface area (Å²) in [5.41, 5.74) is 0.436. The van der Waals surface area contributed by atoms with E-state index in [-0.39, 0.29) is 29.3 Å². The largest absolute Gasteiger partial charge is 0.481 e. The van der Waals surface area contributed by atoms with E-state index in [0.717, 1.165) is 19.3 Å². The molecule has 2 aromatic rings. The zero-order valence-electron chi connectivity index (χ0n) is 16.5. The zero-order chi connectivity index (χ0) is 21.0. The Morgan fingerprint density at radius 1 is 1.10 bits per heavy atom. The molecule has 2 aromatic carbocycles. The first kappa shape index (κ1) is 21.3. The number of sulfonamides is 1. The molecule has 1 amide bonds. The summed E-state index contributed by atoms with van der Waals surface area (Å²) in [7, 11) is -3.60. The van der Waals surface area contributed by atoms with Crippen LogP contribution in [0.25, 0.3) is 0 Å². The molecule has 1 N–H and O–H groups in total. The lowest BCUT2D eigenvalue weighted by Gasteiger charge is -2.37. The van der Waals surface area contributed by atoms with Gasteiger partial charge in [-0.1, -0.05) is 18.6 Å². The second kappa shape index (κ2) is 8.92. The number of nitrogens with one attached hydrogen (secondary N) is 1. The van der Waals surface area contributed by atoms with E-state index in [4.69, 9.17) is 4.74 Å². The number of nitrogens with zero attached hydrogens (tertiary/aromatic N) is 1. The van der Waals surface area contributed by atoms with Gasteiger partial charge in [-0.05, 0) is 63.1 Å². The van der Waals surface area contributed by atoms with Crippen LogP contribution in [0.2, 0.25) is 0 Å². The van der Waals surface area contributed by atoms with Crippen molar-refractivity contribution in [2.75, 3.05) is 11.9 Å². The van der Waals surface area contributed by atoms with Gasteiger partial charge >= 0.3 is 0 Å². The molecule has 0 spiro atoms. The average Bonchev–Trinajstić information content (AvgIpc) is 2.67. The minimum absolute atomic E-state index is 0.00568. The second-order valence-corrected chi connectivity index (χ2v) is 9.10. The number of hydrogen-bond donors (Lipinski definition) is 1. The molecule has 0 bridgehead atoms. The molecule has 1 saturated heterocycles. The first-order valence-corrected chi connectivity index (χ1v) is 11.0. The summed E-state index contributed by atoms with van der Waals surface area (Å²) in [6.45, 7) is 3.50. The Kier molecular flexibility index (Phi) is 6.54. The lowest BCUT2D eigenvalue weighted by Crippen LogP contribution is -2.47. The van der Waals surface area contributed by atoms with Crippen LogP contribution in [0.5, 0.6) is 5.75 Å². The molecule has 6 nitrogen and oxygen atoms in total. The summed E-state index contributed by atoms with van der Waals surface area (Å²) >= 11 is 0. The maximum atomic E-state index is 13.5.